The smallest absolute Gasteiger partial charge is 0.119 e. The Bertz CT molecular complexity index is 287. The normalized spacial score (nSPS) is 12.2. The van der Waals surface area contributed by atoms with E-state index in [1.165, 1.54) is 0 Å². The number of benzene rings is 1. The first-order valence-electron chi connectivity index (χ1n) is 5.40. The Morgan fingerprint density at radius 2 is 2.00 bits per heavy atom. The van der Waals surface area contributed by atoms with Gasteiger partial charge in [-0.3, -0.25) is 0 Å². The number of rotatable bonds is 7. The molecule has 2 N–H and O–H groups in total. The monoisotopic (exact) mass is 225 g/mol. The van der Waals surface area contributed by atoms with Crippen LogP contribution in [0.2, 0.25) is 0 Å². The maximum atomic E-state index is 9.44. The van der Waals surface area contributed by atoms with Gasteiger partial charge in [-0.25, -0.2) is 0 Å². The Labute approximate surface area is 96.2 Å². The van der Waals surface area contributed by atoms with Gasteiger partial charge in [-0.05, 0) is 31.2 Å². The van der Waals surface area contributed by atoms with Crippen LogP contribution >= 0.6 is 0 Å². The van der Waals surface area contributed by atoms with Crippen LogP contribution in [0.3, 0.4) is 0 Å². The Morgan fingerprint density at radius 1 is 1.31 bits per heavy atom. The first kappa shape index (κ1) is 12.8. The molecule has 0 saturated heterocycles. The molecule has 0 aliphatic carbocycles. The van der Waals surface area contributed by atoms with Gasteiger partial charge in [-0.1, -0.05) is 0 Å². The average molecular weight is 225 g/mol. The fraction of sp³-hybridized carbons (Fsp3) is 0.500. The maximum absolute atomic E-state index is 9.44. The molecule has 0 amide bonds. The van der Waals surface area contributed by atoms with Crippen LogP contribution in [0.5, 0.6) is 5.75 Å². The van der Waals surface area contributed by atoms with Crippen molar-refractivity contribution in [1.29, 1.82) is 0 Å². The molecule has 0 bridgehead atoms. The van der Waals surface area contributed by atoms with Crippen LogP contribution in [-0.4, -0.2) is 38.1 Å². The van der Waals surface area contributed by atoms with Gasteiger partial charge in [0.25, 0.3) is 0 Å². The number of nitrogens with one attached hydrogen (secondary N) is 1. The zero-order valence-corrected chi connectivity index (χ0v) is 9.77. The van der Waals surface area contributed by atoms with Crippen molar-refractivity contribution in [1.82, 2.24) is 0 Å². The molecular formula is C12H19NO3. The van der Waals surface area contributed by atoms with Crippen molar-refractivity contribution in [3.8, 4) is 5.75 Å². The van der Waals surface area contributed by atoms with E-state index in [4.69, 9.17) is 9.47 Å². The molecule has 0 fully saturated rings. The van der Waals surface area contributed by atoms with E-state index in [-0.39, 0.29) is 0 Å². The van der Waals surface area contributed by atoms with Gasteiger partial charge in [-0.15, -0.1) is 0 Å². The van der Waals surface area contributed by atoms with Gasteiger partial charge >= 0.3 is 0 Å². The van der Waals surface area contributed by atoms with Gasteiger partial charge < -0.3 is 19.9 Å². The number of aliphatic hydroxyl groups is 1. The van der Waals surface area contributed by atoms with Crippen LogP contribution < -0.4 is 10.1 Å². The number of hydrogen-bond donors (Lipinski definition) is 2. The molecule has 1 atom stereocenters. The van der Waals surface area contributed by atoms with Crippen molar-refractivity contribution >= 4 is 5.69 Å². The largest absolute Gasteiger partial charge is 0.494 e. The molecule has 4 heteroatoms. The molecule has 16 heavy (non-hydrogen) atoms. The molecule has 0 aliphatic heterocycles. The van der Waals surface area contributed by atoms with Crippen LogP contribution in [0.25, 0.3) is 0 Å². The summed E-state index contributed by atoms with van der Waals surface area (Å²) in [5.41, 5.74) is 0.957. The maximum Gasteiger partial charge on any atom is 0.119 e. The number of methoxy groups -OCH3 is 1. The molecule has 1 aromatic carbocycles. The molecule has 4 nitrogen and oxygen atoms in total. The number of aliphatic hydroxyl groups excluding tert-OH is 1. The topological polar surface area (TPSA) is 50.7 Å². The van der Waals surface area contributed by atoms with Crippen molar-refractivity contribution in [3.05, 3.63) is 24.3 Å². The third-order valence-corrected chi connectivity index (χ3v) is 2.07. The Morgan fingerprint density at radius 3 is 2.56 bits per heavy atom. The second-order valence-corrected chi connectivity index (χ2v) is 3.45. The SMILES string of the molecule is CCOc1ccc(NCC(O)COC)cc1. The summed E-state index contributed by atoms with van der Waals surface area (Å²) >= 11 is 0. The molecular weight excluding hydrogens is 206 g/mol. The highest BCUT2D eigenvalue weighted by molar-refractivity contribution is 5.46. The summed E-state index contributed by atoms with van der Waals surface area (Å²) in [6.07, 6.45) is -0.489. The summed E-state index contributed by atoms with van der Waals surface area (Å²) in [6.45, 7) is 3.43. The lowest BCUT2D eigenvalue weighted by molar-refractivity contribution is 0.0727. The third kappa shape index (κ3) is 4.51. The van der Waals surface area contributed by atoms with Crippen LogP contribution in [-0.2, 0) is 4.74 Å². The van der Waals surface area contributed by atoms with E-state index in [2.05, 4.69) is 5.32 Å². The fourth-order valence-corrected chi connectivity index (χ4v) is 1.32. The van der Waals surface area contributed by atoms with Crippen LogP contribution in [0.15, 0.2) is 24.3 Å². The summed E-state index contributed by atoms with van der Waals surface area (Å²) in [7, 11) is 1.57. The third-order valence-electron chi connectivity index (χ3n) is 2.07. The van der Waals surface area contributed by atoms with Crippen LogP contribution in [0, 0.1) is 0 Å². The Kier molecular flexibility index (Phi) is 5.67. The van der Waals surface area contributed by atoms with E-state index in [1.807, 2.05) is 31.2 Å². The van der Waals surface area contributed by atoms with E-state index in [0.717, 1.165) is 11.4 Å². The fourth-order valence-electron chi connectivity index (χ4n) is 1.32. The number of hydrogen-bond acceptors (Lipinski definition) is 4. The van der Waals surface area contributed by atoms with Gasteiger partial charge in [0.1, 0.15) is 5.75 Å². The minimum absolute atomic E-state index is 0.337. The highest BCUT2D eigenvalue weighted by atomic mass is 16.5. The van der Waals surface area contributed by atoms with Gasteiger partial charge in [0.2, 0.25) is 0 Å². The summed E-state index contributed by atoms with van der Waals surface area (Å²) in [6, 6.07) is 7.64. The number of ether oxygens (including phenoxy) is 2. The van der Waals surface area contributed by atoms with Crippen molar-refractivity contribution in [2.75, 3.05) is 32.2 Å². The molecule has 0 heterocycles. The van der Waals surface area contributed by atoms with Gasteiger partial charge in [0, 0.05) is 19.3 Å². The molecule has 0 saturated carbocycles. The lowest BCUT2D eigenvalue weighted by atomic mass is 10.3. The zero-order valence-electron chi connectivity index (χ0n) is 9.77. The average Bonchev–Trinajstić information content (AvgIpc) is 2.29. The first-order chi connectivity index (χ1) is 7.76. The predicted molar refractivity (Wildman–Crippen MR) is 64.0 cm³/mol. The van der Waals surface area contributed by atoms with Crippen molar-refractivity contribution < 1.29 is 14.6 Å². The first-order valence-corrected chi connectivity index (χ1v) is 5.40. The standard InChI is InChI=1S/C12H19NO3/c1-3-16-12-6-4-10(5-7-12)13-8-11(14)9-15-2/h4-7,11,13-14H,3,8-9H2,1-2H3. The molecule has 0 spiro atoms. The van der Waals surface area contributed by atoms with Crippen molar-refractivity contribution in [2.45, 2.75) is 13.0 Å². The molecule has 90 valence electrons. The summed E-state index contributed by atoms with van der Waals surface area (Å²) in [5, 5.41) is 12.6. The molecule has 1 aromatic rings. The Balaban J connectivity index is 2.37. The van der Waals surface area contributed by atoms with E-state index in [1.54, 1.807) is 7.11 Å². The van der Waals surface area contributed by atoms with Crippen molar-refractivity contribution in [3.63, 3.8) is 0 Å². The quantitative estimate of drug-likeness (QED) is 0.738. The lowest BCUT2D eigenvalue weighted by Gasteiger charge is -2.12. The van der Waals surface area contributed by atoms with E-state index in [9.17, 15) is 5.11 Å². The molecule has 0 aromatic heterocycles. The van der Waals surface area contributed by atoms with Gasteiger partial charge in [-0.2, -0.15) is 0 Å². The molecule has 0 radical (unpaired) electrons. The molecule has 1 unspecified atom stereocenters. The summed E-state index contributed by atoms with van der Waals surface area (Å²) in [4.78, 5) is 0. The summed E-state index contributed by atoms with van der Waals surface area (Å²) in [5.74, 6) is 0.852. The van der Waals surface area contributed by atoms with Crippen molar-refractivity contribution in [2.24, 2.45) is 0 Å². The van der Waals surface area contributed by atoms with Gasteiger partial charge in [0.15, 0.2) is 0 Å². The second kappa shape index (κ2) is 7.09. The van der Waals surface area contributed by atoms with E-state index < -0.39 is 6.10 Å². The van der Waals surface area contributed by atoms with Gasteiger partial charge in [0.05, 0.1) is 19.3 Å². The highest BCUT2D eigenvalue weighted by Crippen LogP contribution is 2.15. The van der Waals surface area contributed by atoms with E-state index in [0.29, 0.717) is 19.8 Å². The minimum atomic E-state index is -0.489. The van der Waals surface area contributed by atoms with E-state index >= 15 is 0 Å². The zero-order chi connectivity index (χ0) is 11.8. The predicted octanol–water partition coefficient (Wildman–Crippen LogP) is 1.50. The summed E-state index contributed by atoms with van der Waals surface area (Å²) < 4.78 is 10.2. The Hall–Kier alpha value is -1.26. The molecule has 0 aliphatic rings. The number of anilines is 1. The minimum Gasteiger partial charge on any atom is -0.494 e. The van der Waals surface area contributed by atoms with Crippen LogP contribution in [0.1, 0.15) is 6.92 Å². The van der Waals surface area contributed by atoms with Crippen LogP contribution in [0.4, 0.5) is 5.69 Å². The second-order valence-electron chi connectivity index (χ2n) is 3.45. The molecule has 1 rings (SSSR count). The lowest BCUT2D eigenvalue weighted by Crippen LogP contribution is -2.24. The highest BCUT2D eigenvalue weighted by Gasteiger charge is 2.02.